The third kappa shape index (κ3) is 15.3. The molecule has 0 saturated heterocycles. The summed E-state index contributed by atoms with van der Waals surface area (Å²) in [6, 6.07) is 0. The van der Waals surface area contributed by atoms with E-state index < -0.39 is 0 Å². The van der Waals surface area contributed by atoms with Crippen molar-refractivity contribution in [2.75, 3.05) is 27.7 Å². The van der Waals surface area contributed by atoms with Crippen LogP contribution in [0.3, 0.4) is 0 Å². The molecule has 0 bridgehead atoms. The molecule has 1 atom stereocenters. The maximum Gasteiger partial charge on any atom is 0.164 e. The SMILES string of the molecule is CCCCCCCCCCCCCC(=O)C(C[N+](C)(C)C)O[PH-]. The number of quaternary nitrogens is 1. The summed E-state index contributed by atoms with van der Waals surface area (Å²) in [5.74, 6) is 0.226. The normalized spacial score (nSPS) is 13.3. The van der Waals surface area contributed by atoms with E-state index in [2.05, 4.69) is 37.5 Å². The van der Waals surface area contributed by atoms with Crippen LogP contribution in [0.1, 0.15) is 84.0 Å². The van der Waals surface area contributed by atoms with Crippen LogP contribution in [0.15, 0.2) is 0 Å². The van der Waals surface area contributed by atoms with E-state index >= 15 is 0 Å². The summed E-state index contributed by atoms with van der Waals surface area (Å²) in [5.41, 5.74) is 0. The van der Waals surface area contributed by atoms with Crippen LogP contribution in [0.25, 0.3) is 0 Å². The minimum atomic E-state index is -0.324. The zero-order valence-corrected chi connectivity index (χ0v) is 17.0. The molecule has 0 rings (SSSR count). The number of unbranched alkanes of at least 4 members (excludes halogenated alkanes) is 10. The van der Waals surface area contributed by atoms with Gasteiger partial charge in [0.1, 0.15) is 12.6 Å². The van der Waals surface area contributed by atoms with Crippen LogP contribution in [0.5, 0.6) is 0 Å². The molecule has 0 N–H and O–H groups in total. The predicted molar refractivity (Wildman–Crippen MR) is 102 cm³/mol. The maximum atomic E-state index is 12.1. The highest BCUT2D eigenvalue weighted by molar-refractivity contribution is 7.09. The Balaban J connectivity index is 3.51. The fourth-order valence-corrected chi connectivity index (χ4v) is 3.03. The van der Waals surface area contributed by atoms with Crippen molar-refractivity contribution in [1.29, 1.82) is 0 Å². The number of hydrogen-bond donors (Lipinski definition) is 0. The van der Waals surface area contributed by atoms with Gasteiger partial charge in [-0.2, -0.15) is 0 Å². The highest BCUT2D eigenvalue weighted by Crippen LogP contribution is 2.14. The number of rotatable bonds is 16. The van der Waals surface area contributed by atoms with Crippen LogP contribution < -0.4 is 0 Å². The van der Waals surface area contributed by atoms with E-state index in [0.717, 1.165) is 10.9 Å². The van der Waals surface area contributed by atoms with Gasteiger partial charge in [0.05, 0.1) is 21.1 Å². The lowest BCUT2D eigenvalue weighted by atomic mass is 10.0. The van der Waals surface area contributed by atoms with Gasteiger partial charge in [-0.1, -0.05) is 71.1 Å². The zero-order valence-electron chi connectivity index (χ0n) is 16.0. The van der Waals surface area contributed by atoms with Gasteiger partial charge in [0.2, 0.25) is 0 Å². The first kappa shape index (κ1) is 23.0. The Morgan fingerprint density at radius 2 is 1.30 bits per heavy atom. The van der Waals surface area contributed by atoms with Crippen molar-refractivity contribution in [1.82, 2.24) is 0 Å². The minimum absolute atomic E-state index is 0.226. The molecule has 23 heavy (non-hydrogen) atoms. The Labute approximate surface area is 147 Å². The van der Waals surface area contributed by atoms with E-state index in [1.807, 2.05) is 0 Å². The van der Waals surface area contributed by atoms with Crippen LogP contribution in [0.4, 0.5) is 0 Å². The Hall–Kier alpha value is 0.0200. The van der Waals surface area contributed by atoms with Gasteiger partial charge in [-0.25, -0.2) is 0 Å². The number of Topliss-reactive ketones (excluding diaryl/α,β-unsaturated/α-hetero) is 1. The van der Waals surface area contributed by atoms with E-state index in [4.69, 9.17) is 4.52 Å². The van der Waals surface area contributed by atoms with Gasteiger partial charge in [0.25, 0.3) is 0 Å². The fraction of sp³-hybridized carbons (Fsp3) is 0.947. The molecule has 0 aromatic rings. The highest BCUT2D eigenvalue weighted by Gasteiger charge is 2.21. The molecule has 0 aromatic carbocycles. The quantitative estimate of drug-likeness (QED) is 0.212. The third-order valence-electron chi connectivity index (χ3n) is 4.24. The molecule has 0 radical (unpaired) electrons. The summed E-state index contributed by atoms with van der Waals surface area (Å²) in [7, 11) is 9.29. The molecule has 0 aromatic heterocycles. The van der Waals surface area contributed by atoms with Crippen molar-refractivity contribution in [3.8, 4) is 0 Å². The van der Waals surface area contributed by atoms with Crippen LogP contribution in [0, 0.1) is 0 Å². The van der Waals surface area contributed by atoms with Crippen LogP contribution in [0.2, 0.25) is 0 Å². The molecule has 0 fully saturated rings. The topological polar surface area (TPSA) is 26.3 Å². The first-order chi connectivity index (χ1) is 10.9. The van der Waals surface area contributed by atoms with Crippen molar-refractivity contribution >= 4 is 15.2 Å². The second kappa shape index (κ2) is 14.4. The van der Waals surface area contributed by atoms with Gasteiger partial charge in [0, 0.05) is 6.42 Å². The summed E-state index contributed by atoms with van der Waals surface area (Å²) in [5, 5.41) is 0. The lowest BCUT2D eigenvalue weighted by Gasteiger charge is -2.30. The summed E-state index contributed by atoms with van der Waals surface area (Å²) < 4.78 is 5.91. The summed E-state index contributed by atoms with van der Waals surface area (Å²) in [4.78, 5) is 12.1. The molecule has 0 aliphatic carbocycles. The molecule has 4 heteroatoms. The van der Waals surface area contributed by atoms with Crippen molar-refractivity contribution in [2.45, 2.75) is 90.1 Å². The predicted octanol–water partition coefficient (Wildman–Crippen LogP) is 5.41. The molecule has 0 aliphatic heterocycles. The van der Waals surface area contributed by atoms with Crippen LogP contribution >= 0.6 is 9.47 Å². The van der Waals surface area contributed by atoms with Gasteiger partial charge in [-0.15, -0.1) is 0 Å². The lowest BCUT2D eigenvalue weighted by molar-refractivity contribution is -0.872. The Morgan fingerprint density at radius 3 is 1.70 bits per heavy atom. The number of ketones is 1. The molecule has 0 spiro atoms. The summed E-state index contributed by atoms with van der Waals surface area (Å²) in [6.45, 7) is 2.97. The lowest BCUT2D eigenvalue weighted by Crippen LogP contribution is -2.44. The minimum Gasteiger partial charge on any atom is -0.549 e. The maximum absolute atomic E-state index is 12.1. The molecule has 1 unspecified atom stereocenters. The fourth-order valence-electron chi connectivity index (χ4n) is 2.83. The second-order valence-corrected chi connectivity index (χ2v) is 8.07. The molecule has 0 amide bonds. The average molecular weight is 346 g/mol. The van der Waals surface area contributed by atoms with Gasteiger partial charge < -0.3 is 18.5 Å². The van der Waals surface area contributed by atoms with Crippen LogP contribution in [-0.2, 0) is 9.32 Å². The van der Waals surface area contributed by atoms with Crippen molar-refractivity contribution in [2.24, 2.45) is 0 Å². The average Bonchev–Trinajstić information content (AvgIpc) is 2.49. The summed E-state index contributed by atoms with van der Waals surface area (Å²) >= 11 is 0. The Bertz CT molecular complexity index is 290. The van der Waals surface area contributed by atoms with E-state index in [-0.39, 0.29) is 11.9 Å². The van der Waals surface area contributed by atoms with E-state index in [9.17, 15) is 4.79 Å². The second-order valence-electron chi connectivity index (χ2n) is 7.83. The number of nitrogens with zero attached hydrogens (tertiary/aromatic N) is 1. The van der Waals surface area contributed by atoms with Crippen molar-refractivity contribution in [3.63, 3.8) is 0 Å². The number of hydrogen-bond acceptors (Lipinski definition) is 2. The van der Waals surface area contributed by atoms with Gasteiger partial charge >= 0.3 is 0 Å². The first-order valence-corrected chi connectivity index (χ1v) is 9.97. The number of carbonyl (C=O) groups excluding carboxylic acids is 1. The molecule has 3 nitrogen and oxygen atoms in total. The zero-order chi connectivity index (χ0) is 17.6. The third-order valence-corrected chi connectivity index (χ3v) is 4.53. The largest absolute Gasteiger partial charge is 0.549 e. The molecular weight excluding hydrogens is 305 g/mol. The molecule has 0 heterocycles. The van der Waals surface area contributed by atoms with Gasteiger partial charge in [-0.05, 0) is 6.42 Å². The first-order valence-electron chi connectivity index (χ1n) is 9.56. The van der Waals surface area contributed by atoms with E-state index in [0.29, 0.717) is 13.0 Å². The number of likely N-dealkylation sites (N-methyl/N-ethyl adjacent to an activating group) is 1. The molecule has 0 aliphatic rings. The smallest absolute Gasteiger partial charge is 0.164 e. The van der Waals surface area contributed by atoms with Crippen molar-refractivity contribution < 1.29 is 13.8 Å². The Morgan fingerprint density at radius 1 is 0.870 bits per heavy atom. The van der Waals surface area contributed by atoms with Crippen LogP contribution in [-0.4, -0.2) is 44.1 Å². The molecular formula is C19H40NO2P. The van der Waals surface area contributed by atoms with Crippen molar-refractivity contribution in [3.05, 3.63) is 0 Å². The summed E-state index contributed by atoms with van der Waals surface area (Å²) in [6.07, 6.45) is 14.7. The Kier molecular flexibility index (Phi) is 14.4. The standard InChI is InChI=1S/C19H40NO2P/c1-5-6-7-8-9-10-11-12-13-14-15-16-18(21)19(22-23)17-20(2,3)4/h19,23H,5-17H2,1-4H3. The molecule has 0 saturated carbocycles. The van der Waals surface area contributed by atoms with Gasteiger partial charge in [0.15, 0.2) is 5.78 Å². The van der Waals surface area contributed by atoms with E-state index in [1.165, 1.54) is 64.2 Å². The van der Waals surface area contributed by atoms with Gasteiger partial charge in [-0.3, -0.25) is 4.79 Å². The monoisotopic (exact) mass is 345 g/mol. The number of carbonyl (C=O) groups is 1. The highest BCUT2D eigenvalue weighted by atomic mass is 31.0. The van der Waals surface area contributed by atoms with E-state index in [1.54, 1.807) is 0 Å². The molecule has 138 valence electrons.